The Labute approximate surface area is 105 Å². The van der Waals surface area contributed by atoms with Crippen LogP contribution in [-0.2, 0) is 0 Å². The number of fused-ring (bicyclic) bond motifs is 1. The topological polar surface area (TPSA) is 95.5 Å². The Morgan fingerprint density at radius 1 is 1.17 bits per heavy atom. The molecule has 2 aliphatic rings. The zero-order valence-electron chi connectivity index (χ0n) is 10.1. The van der Waals surface area contributed by atoms with Gasteiger partial charge < -0.3 is 20.8 Å². The lowest BCUT2D eigenvalue weighted by Gasteiger charge is -2.31. The second-order valence-corrected chi connectivity index (χ2v) is 5.31. The highest BCUT2D eigenvalue weighted by molar-refractivity contribution is 5.39. The van der Waals surface area contributed by atoms with Crippen molar-refractivity contribution in [2.75, 3.05) is 23.7 Å². The molecular formula is C12H18N4O2. The Balaban J connectivity index is 1.75. The van der Waals surface area contributed by atoms with E-state index in [0.717, 1.165) is 13.1 Å². The van der Waals surface area contributed by atoms with Gasteiger partial charge in [-0.3, -0.25) is 0 Å². The summed E-state index contributed by atoms with van der Waals surface area (Å²) in [7, 11) is 0. The van der Waals surface area contributed by atoms with Crippen LogP contribution in [0.2, 0.25) is 0 Å². The Morgan fingerprint density at radius 2 is 1.78 bits per heavy atom. The van der Waals surface area contributed by atoms with Gasteiger partial charge in [0.25, 0.3) is 0 Å². The summed E-state index contributed by atoms with van der Waals surface area (Å²) in [6.07, 6.45) is 1.79. The zero-order valence-corrected chi connectivity index (χ0v) is 10.1. The van der Waals surface area contributed by atoms with Gasteiger partial charge in [-0.2, -0.15) is 4.98 Å². The molecule has 6 heteroatoms. The number of aliphatic hydroxyl groups excluding tert-OH is 2. The van der Waals surface area contributed by atoms with Crippen LogP contribution in [0.3, 0.4) is 0 Å². The van der Waals surface area contributed by atoms with Crippen molar-refractivity contribution < 1.29 is 10.2 Å². The standard InChI is InChI=1S/C12H18N4O2/c13-11-1-2-14-12(15-11)16-5-7-3-9(17)10(18)4-8(7)6-16/h1-2,7-10,17-18H,3-6H2,(H2,13,14,15)/t7-,8+,9+,10-. The maximum Gasteiger partial charge on any atom is 0.227 e. The molecule has 3 rings (SSSR count). The van der Waals surface area contributed by atoms with Crippen LogP contribution in [0.4, 0.5) is 11.8 Å². The van der Waals surface area contributed by atoms with E-state index in [-0.39, 0.29) is 0 Å². The molecule has 0 spiro atoms. The minimum absolute atomic E-state index is 0.411. The first-order chi connectivity index (χ1) is 8.63. The lowest BCUT2D eigenvalue weighted by Crippen LogP contribution is -2.38. The fraction of sp³-hybridized carbons (Fsp3) is 0.667. The van der Waals surface area contributed by atoms with Gasteiger partial charge in [0, 0.05) is 19.3 Å². The summed E-state index contributed by atoms with van der Waals surface area (Å²) in [4.78, 5) is 10.5. The van der Waals surface area contributed by atoms with Crippen molar-refractivity contribution >= 4 is 11.8 Å². The highest BCUT2D eigenvalue weighted by Crippen LogP contribution is 2.37. The summed E-state index contributed by atoms with van der Waals surface area (Å²) in [5.74, 6) is 1.94. The van der Waals surface area contributed by atoms with Crippen LogP contribution in [0.1, 0.15) is 12.8 Å². The highest BCUT2D eigenvalue weighted by Gasteiger charge is 2.41. The molecule has 1 aromatic heterocycles. The van der Waals surface area contributed by atoms with Crippen LogP contribution >= 0.6 is 0 Å². The summed E-state index contributed by atoms with van der Waals surface area (Å²) in [5, 5.41) is 19.4. The Morgan fingerprint density at radius 3 is 2.33 bits per heavy atom. The predicted octanol–water partition coefficient (Wildman–Crippen LogP) is -0.373. The van der Waals surface area contributed by atoms with Crippen molar-refractivity contribution in [1.29, 1.82) is 0 Å². The third-order valence-corrected chi connectivity index (χ3v) is 4.06. The lowest BCUT2D eigenvalue weighted by atomic mass is 9.79. The molecule has 6 nitrogen and oxygen atoms in total. The summed E-state index contributed by atoms with van der Waals surface area (Å²) in [6, 6.07) is 1.67. The number of hydrogen-bond donors (Lipinski definition) is 3. The first kappa shape index (κ1) is 11.7. The molecule has 0 aromatic carbocycles. The summed E-state index contributed by atoms with van der Waals surface area (Å²) in [5.41, 5.74) is 5.66. The molecule has 1 aliphatic heterocycles. The monoisotopic (exact) mass is 250 g/mol. The van der Waals surface area contributed by atoms with E-state index in [1.807, 2.05) is 0 Å². The molecular weight excluding hydrogens is 232 g/mol. The summed E-state index contributed by atoms with van der Waals surface area (Å²) < 4.78 is 0. The normalized spacial score (nSPS) is 35.6. The van der Waals surface area contributed by atoms with Crippen LogP contribution in [0.25, 0.3) is 0 Å². The number of aromatic nitrogens is 2. The number of rotatable bonds is 1. The van der Waals surface area contributed by atoms with Crippen molar-refractivity contribution in [2.24, 2.45) is 11.8 Å². The van der Waals surface area contributed by atoms with Gasteiger partial charge in [-0.15, -0.1) is 0 Å². The Hall–Kier alpha value is -1.40. The summed E-state index contributed by atoms with van der Waals surface area (Å²) >= 11 is 0. The van der Waals surface area contributed by atoms with E-state index in [1.165, 1.54) is 0 Å². The van der Waals surface area contributed by atoms with Crippen molar-refractivity contribution in [2.45, 2.75) is 25.0 Å². The quantitative estimate of drug-likeness (QED) is 0.629. The molecule has 1 aliphatic carbocycles. The van der Waals surface area contributed by atoms with Crippen LogP contribution < -0.4 is 10.6 Å². The van der Waals surface area contributed by atoms with Gasteiger partial charge in [-0.1, -0.05) is 0 Å². The molecule has 0 radical (unpaired) electrons. The van der Waals surface area contributed by atoms with Crippen molar-refractivity contribution in [3.8, 4) is 0 Å². The van der Waals surface area contributed by atoms with Crippen molar-refractivity contribution in [3.05, 3.63) is 12.3 Å². The van der Waals surface area contributed by atoms with E-state index in [9.17, 15) is 10.2 Å². The van der Waals surface area contributed by atoms with Gasteiger partial charge >= 0.3 is 0 Å². The number of hydrogen-bond acceptors (Lipinski definition) is 6. The van der Waals surface area contributed by atoms with Crippen LogP contribution in [0.5, 0.6) is 0 Å². The van der Waals surface area contributed by atoms with Crippen LogP contribution in [0.15, 0.2) is 12.3 Å². The number of nitrogens with two attached hydrogens (primary N) is 1. The van der Waals surface area contributed by atoms with Gasteiger partial charge in [0.1, 0.15) is 5.82 Å². The Bertz CT molecular complexity index is 424. The van der Waals surface area contributed by atoms with Crippen molar-refractivity contribution in [1.82, 2.24) is 9.97 Å². The average Bonchev–Trinajstić information content (AvgIpc) is 2.73. The number of aliphatic hydroxyl groups is 2. The average molecular weight is 250 g/mol. The predicted molar refractivity (Wildman–Crippen MR) is 66.9 cm³/mol. The smallest absolute Gasteiger partial charge is 0.227 e. The second-order valence-electron chi connectivity index (χ2n) is 5.31. The molecule has 0 unspecified atom stereocenters. The first-order valence-electron chi connectivity index (χ1n) is 6.33. The van der Waals surface area contributed by atoms with Crippen LogP contribution in [0, 0.1) is 11.8 Å². The fourth-order valence-corrected chi connectivity index (χ4v) is 3.08. The minimum atomic E-state index is -0.590. The highest BCUT2D eigenvalue weighted by atomic mass is 16.3. The molecule has 1 saturated carbocycles. The van der Waals surface area contributed by atoms with Crippen LogP contribution in [-0.4, -0.2) is 45.5 Å². The second kappa shape index (κ2) is 4.37. The third kappa shape index (κ3) is 2.02. The Kier molecular flexibility index (Phi) is 2.83. The van der Waals surface area contributed by atoms with Crippen molar-refractivity contribution in [3.63, 3.8) is 0 Å². The van der Waals surface area contributed by atoms with Gasteiger partial charge in [0.15, 0.2) is 0 Å². The van der Waals surface area contributed by atoms with E-state index in [4.69, 9.17) is 5.73 Å². The molecule has 4 atom stereocenters. The maximum atomic E-state index is 9.71. The summed E-state index contributed by atoms with van der Waals surface area (Å²) in [6.45, 7) is 1.66. The molecule has 1 aromatic rings. The van der Waals surface area contributed by atoms with Gasteiger partial charge in [-0.25, -0.2) is 4.98 Å². The van der Waals surface area contributed by atoms with Gasteiger partial charge in [0.05, 0.1) is 12.2 Å². The molecule has 98 valence electrons. The molecule has 4 N–H and O–H groups in total. The lowest BCUT2D eigenvalue weighted by molar-refractivity contribution is -0.0372. The molecule has 18 heavy (non-hydrogen) atoms. The number of anilines is 2. The van der Waals surface area contributed by atoms with E-state index >= 15 is 0 Å². The van der Waals surface area contributed by atoms with E-state index in [1.54, 1.807) is 12.3 Å². The first-order valence-corrected chi connectivity index (χ1v) is 6.33. The third-order valence-electron chi connectivity index (χ3n) is 4.06. The largest absolute Gasteiger partial charge is 0.390 e. The molecule has 2 heterocycles. The fourth-order valence-electron chi connectivity index (χ4n) is 3.08. The molecule has 2 fully saturated rings. The van der Waals surface area contributed by atoms with E-state index in [0.29, 0.717) is 36.4 Å². The maximum absolute atomic E-state index is 9.71. The SMILES string of the molecule is Nc1ccnc(N2C[C@H]3C[C@H](O)[C@H](O)C[C@H]3C2)n1. The van der Waals surface area contributed by atoms with E-state index < -0.39 is 12.2 Å². The van der Waals surface area contributed by atoms with Gasteiger partial charge in [-0.05, 0) is 30.7 Å². The molecule has 0 amide bonds. The molecule has 1 saturated heterocycles. The van der Waals surface area contributed by atoms with E-state index in [2.05, 4.69) is 14.9 Å². The minimum Gasteiger partial charge on any atom is -0.390 e. The number of nitrogens with zero attached hydrogens (tertiary/aromatic N) is 3. The zero-order chi connectivity index (χ0) is 12.7. The number of nitrogen functional groups attached to an aromatic ring is 1. The molecule has 0 bridgehead atoms. The van der Waals surface area contributed by atoms with Gasteiger partial charge in [0.2, 0.25) is 5.95 Å².